The van der Waals surface area contributed by atoms with E-state index in [1.807, 2.05) is 0 Å². The third-order valence-electron chi connectivity index (χ3n) is 10.2. The van der Waals surface area contributed by atoms with Gasteiger partial charge in [-0.15, -0.1) is 0 Å². The number of carbonyl (C=O) groups excluding carboxylic acids is 3. The molecule has 0 N–H and O–H groups in total. The summed E-state index contributed by atoms with van der Waals surface area (Å²) in [5, 5.41) is 0. The number of epoxide rings is 1. The zero-order valence-electron chi connectivity index (χ0n) is 18.0. The highest BCUT2D eigenvalue weighted by atomic mass is 16.6. The lowest BCUT2D eigenvalue weighted by Gasteiger charge is -2.58. The number of esters is 2. The van der Waals surface area contributed by atoms with E-state index < -0.39 is 11.2 Å². The fraction of sp³-hybridized carbons (Fsp3) is 0.792. The van der Waals surface area contributed by atoms with Crippen LogP contribution in [0.1, 0.15) is 65.2 Å². The van der Waals surface area contributed by atoms with Gasteiger partial charge in [-0.2, -0.15) is 0 Å². The van der Waals surface area contributed by atoms with Gasteiger partial charge in [-0.3, -0.25) is 14.4 Å². The van der Waals surface area contributed by atoms with Crippen LogP contribution in [0.4, 0.5) is 0 Å². The van der Waals surface area contributed by atoms with Gasteiger partial charge in [0, 0.05) is 29.6 Å². The average Bonchev–Trinajstić information content (AvgIpc) is 3.20. The number of hydrogen-bond donors (Lipinski definition) is 0. The smallest absolute Gasteiger partial charge is 0.309 e. The maximum absolute atomic E-state index is 13.0. The van der Waals surface area contributed by atoms with Crippen LogP contribution in [0, 0.1) is 28.6 Å². The number of hydrogen-bond acceptors (Lipinski definition) is 6. The summed E-state index contributed by atoms with van der Waals surface area (Å²) in [4.78, 5) is 37.4. The molecule has 6 heteroatoms. The number of methoxy groups -OCH3 is 1. The van der Waals surface area contributed by atoms with Gasteiger partial charge in [-0.25, -0.2) is 0 Å². The molecule has 2 heterocycles. The minimum absolute atomic E-state index is 0.0303. The Morgan fingerprint density at radius 2 is 1.97 bits per heavy atom. The fourth-order valence-corrected chi connectivity index (χ4v) is 8.69. The maximum atomic E-state index is 13.0. The van der Waals surface area contributed by atoms with Crippen molar-refractivity contribution in [3.05, 3.63) is 11.6 Å². The van der Waals surface area contributed by atoms with E-state index in [9.17, 15) is 14.4 Å². The van der Waals surface area contributed by atoms with Gasteiger partial charge in [-0.1, -0.05) is 19.4 Å². The molecule has 6 rings (SSSR count). The minimum atomic E-state index is -0.424. The Kier molecular flexibility index (Phi) is 3.53. The molecule has 2 saturated heterocycles. The highest BCUT2D eigenvalue weighted by Gasteiger charge is 2.83. The van der Waals surface area contributed by atoms with Crippen molar-refractivity contribution in [2.75, 3.05) is 7.11 Å². The highest BCUT2D eigenvalue weighted by Crippen LogP contribution is 2.78. The second-order valence-electron chi connectivity index (χ2n) is 11.0. The van der Waals surface area contributed by atoms with Gasteiger partial charge < -0.3 is 14.2 Å². The first-order valence-corrected chi connectivity index (χ1v) is 11.4. The van der Waals surface area contributed by atoms with Crippen molar-refractivity contribution in [3.63, 3.8) is 0 Å². The fourth-order valence-electron chi connectivity index (χ4n) is 8.69. The summed E-state index contributed by atoms with van der Waals surface area (Å²) in [5.74, 6) is -0.201. The second kappa shape index (κ2) is 5.56. The van der Waals surface area contributed by atoms with Gasteiger partial charge in [0.2, 0.25) is 0 Å². The summed E-state index contributed by atoms with van der Waals surface area (Å²) in [6.45, 7) is 4.51. The third-order valence-corrected chi connectivity index (χ3v) is 10.2. The number of rotatable bonds is 1. The lowest BCUT2D eigenvalue weighted by Crippen LogP contribution is -2.63. The van der Waals surface area contributed by atoms with Gasteiger partial charge >= 0.3 is 11.9 Å². The molecule has 162 valence electrons. The summed E-state index contributed by atoms with van der Waals surface area (Å²) in [5.41, 5.74) is -0.175. The Hall–Kier alpha value is -1.69. The molecule has 0 radical (unpaired) electrons. The summed E-state index contributed by atoms with van der Waals surface area (Å²) in [7, 11) is 1.45. The van der Waals surface area contributed by atoms with Gasteiger partial charge in [0.15, 0.2) is 5.78 Å². The summed E-state index contributed by atoms with van der Waals surface area (Å²) in [6.07, 6.45) is 7.61. The first-order chi connectivity index (χ1) is 14.2. The van der Waals surface area contributed by atoms with Crippen molar-refractivity contribution < 1.29 is 28.6 Å². The zero-order chi connectivity index (χ0) is 21.1. The average molecular weight is 414 g/mol. The first kappa shape index (κ1) is 19.0. The van der Waals surface area contributed by atoms with E-state index in [-0.39, 0.29) is 52.4 Å². The second-order valence-corrected chi connectivity index (χ2v) is 11.0. The molecule has 0 aromatic carbocycles. The van der Waals surface area contributed by atoms with Gasteiger partial charge in [0.25, 0.3) is 0 Å². The van der Waals surface area contributed by atoms with Crippen LogP contribution in [-0.4, -0.2) is 42.1 Å². The van der Waals surface area contributed by atoms with E-state index in [1.165, 1.54) is 7.11 Å². The molecule has 0 aromatic rings. The van der Waals surface area contributed by atoms with Crippen molar-refractivity contribution in [3.8, 4) is 0 Å². The number of ketones is 1. The molecular formula is C24H30O6. The molecule has 5 fully saturated rings. The molecule has 0 amide bonds. The Morgan fingerprint density at radius 3 is 2.67 bits per heavy atom. The van der Waals surface area contributed by atoms with Crippen molar-refractivity contribution in [1.29, 1.82) is 0 Å². The van der Waals surface area contributed by atoms with Crippen LogP contribution in [0.3, 0.4) is 0 Å². The summed E-state index contributed by atoms with van der Waals surface area (Å²) in [6, 6.07) is 0. The molecule has 4 aliphatic carbocycles. The standard InChI is InChI=1S/C24H30O6/c1-21-7-4-14(25)10-13(21)11-15(20(27)28-3)19-16-5-8-23(9-6-18(26)30-23)22(16,2)12-17-24(19,21)29-17/h10,15-17,19H,4-9,11-12H2,1-3H3/t15-,16?,17+,19?,21-,22-,23+,24+/m0/s1. The zero-order valence-corrected chi connectivity index (χ0v) is 18.0. The minimum Gasteiger partial charge on any atom is -0.469 e. The maximum Gasteiger partial charge on any atom is 0.309 e. The van der Waals surface area contributed by atoms with Crippen LogP contribution >= 0.6 is 0 Å². The first-order valence-electron chi connectivity index (χ1n) is 11.4. The number of fused-ring (bicyclic) bond motifs is 4. The number of carbonyl (C=O) groups is 3. The molecule has 2 spiro atoms. The van der Waals surface area contributed by atoms with Gasteiger partial charge in [0.1, 0.15) is 11.2 Å². The van der Waals surface area contributed by atoms with Crippen LogP contribution in [0.5, 0.6) is 0 Å². The summed E-state index contributed by atoms with van der Waals surface area (Å²) >= 11 is 0. The summed E-state index contributed by atoms with van der Waals surface area (Å²) < 4.78 is 17.9. The predicted molar refractivity (Wildman–Crippen MR) is 105 cm³/mol. The van der Waals surface area contributed by atoms with E-state index in [0.29, 0.717) is 19.3 Å². The molecular weight excluding hydrogens is 384 g/mol. The highest BCUT2D eigenvalue weighted by molar-refractivity contribution is 5.92. The predicted octanol–water partition coefficient (Wildman–Crippen LogP) is 3.12. The molecule has 2 aliphatic heterocycles. The van der Waals surface area contributed by atoms with Crippen LogP contribution in [0.15, 0.2) is 11.6 Å². The molecule has 6 nitrogen and oxygen atoms in total. The quantitative estimate of drug-likeness (QED) is 0.484. The van der Waals surface area contributed by atoms with E-state index in [2.05, 4.69) is 13.8 Å². The Bertz CT molecular complexity index is 907. The van der Waals surface area contributed by atoms with Crippen molar-refractivity contribution in [2.45, 2.75) is 82.5 Å². The third kappa shape index (κ3) is 1.94. The molecule has 30 heavy (non-hydrogen) atoms. The molecule has 8 atom stereocenters. The molecule has 0 aromatic heterocycles. The van der Waals surface area contributed by atoms with Crippen LogP contribution < -0.4 is 0 Å². The molecule has 0 bridgehead atoms. The lowest BCUT2D eigenvalue weighted by molar-refractivity contribution is -0.172. The van der Waals surface area contributed by atoms with Crippen molar-refractivity contribution >= 4 is 17.7 Å². The molecule has 6 aliphatic rings. The van der Waals surface area contributed by atoms with E-state index in [0.717, 1.165) is 37.7 Å². The van der Waals surface area contributed by atoms with Gasteiger partial charge in [0.05, 0.1) is 19.1 Å². The molecule has 2 unspecified atom stereocenters. The SMILES string of the molecule is COC(=O)[C@H]1CC2=CC(=O)CC[C@]2(C)[C@@]23O[C@@H]2C[C@@]2(C)C(CC[C@@]24CCC(=O)O4)C13. The number of ether oxygens (including phenoxy) is 3. The van der Waals surface area contributed by atoms with E-state index >= 15 is 0 Å². The Balaban J connectivity index is 1.49. The lowest BCUT2D eigenvalue weighted by atomic mass is 9.43. The van der Waals surface area contributed by atoms with Crippen molar-refractivity contribution in [1.82, 2.24) is 0 Å². The van der Waals surface area contributed by atoms with Crippen LogP contribution in [-0.2, 0) is 28.6 Å². The van der Waals surface area contributed by atoms with Crippen LogP contribution in [0.25, 0.3) is 0 Å². The normalized spacial score (nSPS) is 53.2. The Labute approximate surface area is 176 Å². The van der Waals surface area contributed by atoms with Crippen molar-refractivity contribution in [2.24, 2.45) is 28.6 Å². The largest absolute Gasteiger partial charge is 0.469 e. The van der Waals surface area contributed by atoms with E-state index in [4.69, 9.17) is 14.2 Å². The van der Waals surface area contributed by atoms with Gasteiger partial charge in [-0.05, 0) is 50.5 Å². The molecule has 3 saturated carbocycles. The topological polar surface area (TPSA) is 82.2 Å². The Morgan fingerprint density at radius 1 is 1.17 bits per heavy atom. The monoisotopic (exact) mass is 414 g/mol. The van der Waals surface area contributed by atoms with Crippen LogP contribution in [0.2, 0.25) is 0 Å². The van der Waals surface area contributed by atoms with E-state index in [1.54, 1.807) is 6.08 Å².